The Labute approximate surface area is 102 Å². The molecular formula is C12H20N2O3. The fourth-order valence-corrected chi connectivity index (χ4v) is 1.17. The van der Waals surface area contributed by atoms with Crippen LogP contribution in [0.25, 0.3) is 0 Å². The maximum atomic E-state index is 11.9. The molecule has 0 spiro atoms. The van der Waals surface area contributed by atoms with Gasteiger partial charge in [-0.25, -0.2) is 4.79 Å². The average molecular weight is 240 g/mol. The summed E-state index contributed by atoms with van der Waals surface area (Å²) >= 11 is 0. The molecule has 5 heteroatoms. The van der Waals surface area contributed by atoms with Crippen LogP contribution in [0.3, 0.4) is 0 Å². The zero-order chi connectivity index (χ0) is 13.6. The van der Waals surface area contributed by atoms with Crippen molar-refractivity contribution in [2.45, 2.75) is 45.7 Å². The summed E-state index contributed by atoms with van der Waals surface area (Å²) in [5.74, 6) is 1.39. The van der Waals surface area contributed by atoms with Crippen LogP contribution in [0.15, 0.2) is 0 Å². The quantitative estimate of drug-likeness (QED) is 0.711. The topological polar surface area (TPSA) is 69.6 Å². The van der Waals surface area contributed by atoms with E-state index in [1.807, 2.05) is 6.92 Å². The van der Waals surface area contributed by atoms with E-state index in [2.05, 4.69) is 11.2 Å². The highest BCUT2D eigenvalue weighted by molar-refractivity contribution is 5.81. The molecule has 0 saturated heterocycles. The molecule has 96 valence electrons. The van der Waals surface area contributed by atoms with Gasteiger partial charge in [0.05, 0.1) is 5.54 Å². The fraction of sp³-hybridized carbons (Fsp3) is 0.667. The molecular weight excluding hydrogens is 220 g/mol. The molecule has 0 aliphatic rings. The van der Waals surface area contributed by atoms with E-state index < -0.39 is 17.5 Å². The Morgan fingerprint density at radius 3 is 2.41 bits per heavy atom. The number of hydrogen-bond donors (Lipinski definition) is 2. The molecule has 2 N–H and O–H groups in total. The molecule has 0 saturated carbocycles. The fourth-order valence-electron chi connectivity index (χ4n) is 1.17. The lowest BCUT2D eigenvalue weighted by atomic mass is 10.1. The third-order valence-electron chi connectivity index (χ3n) is 2.47. The molecule has 2 amide bonds. The molecule has 5 nitrogen and oxygen atoms in total. The van der Waals surface area contributed by atoms with E-state index in [1.165, 1.54) is 4.90 Å². The molecule has 0 radical (unpaired) electrons. The molecule has 0 rings (SSSR count). The van der Waals surface area contributed by atoms with Gasteiger partial charge < -0.3 is 15.3 Å². The summed E-state index contributed by atoms with van der Waals surface area (Å²) in [7, 11) is 0. The summed E-state index contributed by atoms with van der Waals surface area (Å²) < 4.78 is 0. The van der Waals surface area contributed by atoms with Gasteiger partial charge in [0.15, 0.2) is 0 Å². The van der Waals surface area contributed by atoms with Crippen LogP contribution in [0.1, 0.15) is 34.1 Å². The van der Waals surface area contributed by atoms with Crippen LogP contribution < -0.4 is 5.32 Å². The van der Waals surface area contributed by atoms with E-state index in [-0.39, 0.29) is 12.6 Å². The van der Waals surface area contributed by atoms with Gasteiger partial charge in [-0.15, -0.1) is 6.42 Å². The third kappa shape index (κ3) is 5.25. The lowest BCUT2D eigenvalue weighted by molar-refractivity contribution is -0.138. The van der Waals surface area contributed by atoms with Crippen LogP contribution in [0.5, 0.6) is 0 Å². The lowest BCUT2D eigenvalue weighted by Crippen LogP contribution is -2.53. The monoisotopic (exact) mass is 240 g/mol. The summed E-state index contributed by atoms with van der Waals surface area (Å²) in [6.07, 6.45) is 5.94. The van der Waals surface area contributed by atoms with Gasteiger partial charge in [-0.3, -0.25) is 4.79 Å². The van der Waals surface area contributed by atoms with Gasteiger partial charge in [0.25, 0.3) is 0 Å². The highest BCUT2D eigenvalue weighted by Crippen LogP contribution is 2.07. The number of terminal acetylenes is 1. The van der Waals surface area contributed by atoms with Gasteiger partial charge in [-0.05, 0) is 27.2 Å². The van der Waals surface area contributed by atoms with Crippen molar-refractivity contribution in [1.29, 1.82) is 0 Å². The second-order valence-electron chi connectivity index (χ2n) is 4.48. The predicted molar refractivity (Wildman–Crippen MR) is 65.5 cm³/mol. The van der Waals surface area contributed by atoms with Gasteiger partial charge in [0.2, 0.25) is 0 Å². The SMILES string of the molecule is C#CC(C)(C)NC(=O)N(CC(=O)O)C(C)CC. The van der Waals surface area contributed by atoms with Crippen molar-refractivity contribution in [1.82, 2.24) is 10.2 Å². The first-order valence-electron chi connectivity index (χ1n) is 5.51. The molecule has 0 aromatic rings. The molecule has 0 aromatic heterocycles. The number of nitrogens with one attached hydrogen (secondary N) is 1. The Morgan fingerprint density at radius 2 is 2.06 bits per heavy atom. The van der Waals surface area contributed by atoms with Gasteiger partial charge in [0, 0.05) is 6.04 Å². The highest BCUT2D eigenvalue weighted by Gasteiger charge is 2.25. The minimum atomic E-state index is -1.04. The first kappa shape index (κ1) is 15.3. The third-order valence-corrected chi connectivity index (χ3v) is 2.47. The number of urea groups is 1. The first-order chi connectivity index (χ1) is 7.73. The van der Waals surface area contributed by atoms with Gasteiger partial charge in [-0.2, -0.15) is 0 Å². The first-order valence-corrected chi connectivity index (χ1v) is 5.51. The molecule has 1 atom stereocenters. The van der Waals surface area contributed by atoms with Crippen LogP contribution in [0, 0.1) is 12.3 Å². The number of carboxylic acid groups (broad SMARTS) is 1. The molecule has 0 aromatic carbocycles. The second kappa shape index (κ2) is 6.14. The van der Waals surface area contributed by atoms with Crippen molar-refractivity contribution >= 4 is 12.0 Å². The summed E-state index contributed by atoms with van der Waals surface area (Å²) in [6, 6.07) is -0.607. The van der Waals surface area contributed by atoms with E-state index in [4.69, 9.17) is 11.5 Å². The zero-order valence-corrected chi connectivity index (χ0v) is 10.8. The van der Waals surface area contributed by atoms with E-state index in [0.29, 0.717) is 6.42 Å². The minimum Gasteiger partial charge on any atom is -0.480 e. The molecule has 0 aliphatic carbocycles. The van der Waals surface area contributed by atoms with Crippen molar-refractivity contribution < 1.29 is 14.7 Å². The smallest absolute Gasteiger partial charge is 0.323 e. The van der Waals surface area contributed by atoms with Crippen LogP contribution >= 0.6 is 0 Å². The lowest BCUT2D eigenvalue weighted by Gasteiger charge is -2.30. The number of hydrogen-bond acceptors (Lipinski definition) is 2. The Bertz CT molecular complexity index is 331. The molecule has 0 heterocycles. The van der Waals surface area contributed by atoms with Crippen molar-refractivity contribution in [2.24, 2.45) is 0 Å². The molecule has 17 heavy (non-hydrogen) atoms. The van der Waals surface area contributed by atoms with Gasteiger partial charge in [0.1, 0.15) is 6.54 Å². The van der Waals surface area contributed by atoms with Crippen molar-refractivity contribution in [3.8, 4) is 12.3 Å². The molecule has 0 aliphatic heterocycles. The Hall–Kier alpha value is -1.70. The highest BCUT2D eigenvalue weighted by atomic mass is 16.4. The number of carbonyl (C=O) groups is 2. The largest absolute Gasteiger partial charge is 0.480 e. The minimum absolute atomic E-state index is 0.153. The Kier molecular flexibility index (Phi) is 5.52. The number of amides is 2. The van der Waals surface area contributed by atoms with Crippen LogP contribution in [-0.4, -0.2) is 40.1 Å². The maximum absolute atomic E-state index is 11.9. The zero-order valence-electron chi connectivity index (χ0n) is 10.8. The van der Waals surface area contributed by atoms with E-state index in [0.717, 1.165) is 0 Å². The van der Waals surface area contributed by atoms with E-state index >= 15 is 0 Å². The summed E-state index contributed by atoms with van der Waals surface area (Å²) in [6.45, 7) is 6.72. The summed E-state index contributed by atoms with van der Waals surface area (Å²) in [4.78, 5) is 23.9. The van der Waals surface area contributed by atoms with E-state index in [9.17, 15) is 9.59 Å². The number of nitrogens with zero attached hydrogens (tertiary/aromatic N) is 1. The van der Waals surface area contributed by atoms with Crippen LogP contribution in [0.2, 0.25) is 0 Å². The number of carbonyl (C=O) groups excluding carboxylic acids is 1. The normalized spacial score (nSPS) is 12.4. The second-order valence-corrected chi connectivity index (χ2v) is 4.48. The number of rotatable bonds is 5. The average Bonchev–Trinajstić information content (AvgIpc) is 2.23. The van der Waals surface area contributed by atoms with Crippen LogP contribution in [-0.2, 0) is 4.79 Å². The molecule has 0 fully saturated rings. The number of carboxylic acids is 1. The summed E-state index contributed by atoms with van der Waals surface area (Å²) in [5, 5.41) is 11.4. The Morgan fingerprint density at radius 1 is 1.53 bits per heavy atom. The molecule has 0 bridgehead atoms. The van der Waals surface area contributed by atoms with Crippen LogP contribution in [0.4, 0.5) is 4.79 Å². The standard InChI is InChI=1S/C12H20N2O3/c1-6-9(3)14(8-10(15)16)11(17)13-12(4,5)7-2/h2,9H,6,8H2,1,3-5H3,(H,13,17)(H,15,16). The summed E-state index contributed by atoms with van der Waals surface area (Å²) in [5.41, 5.74) is -0.790. The van der Waals surface area contributed by atoms with Crippen molar-refractivity contribution in [3.63, 3.8) is 0 Å². The Balaban J connectivity index is 4.77. The predicted octanol–water partition coefficient (Wildman–Crippen LogP) is 1.29. The van der Waals surface area contributed by atoms with Gasteiger partial charge >= 0.3 is 12.0 Å². The van der Waals surface area contributed by atoms with Gasteiger partial charge in [-0.1, -0.05) is 12.8 Å². The van der Waals surface area contributed by atoms with Crippen molar-refractivity contribution in [2.75, 3.05) is 6.54 Å². The van der Waals surface area contributed by atoms with E-state index in [1.54, 1.807) is 20.8 Å². The van der Waals surface area contributed by atoms with Crippen molar-refractivity contribution in [3.05, 3.63) is 0 Å². The number of aliphatic carboxylic acids is 1. The molecule has 1 unspecified atom stereocenters. The maximum Gasteiger partial charge on any atom is 0.323 e.